The molecule has 0 N–H and O–H groups in total. The molecule has 0 unspecified atom stereocenters. The predicted octanol–water partition coefficient (Wildman–Crippen LogP) is 8.90. The van der Waals surface area contributed by atoms with Gasteiger partial charge in [0.2, 0.25) is 0 Å². The molecule has 0 amide bonds. The van der Waals surface area contributed by atoms with Crippen molar-refractivity contribution in [2.75, 3.05) is 27.1 Å². The molecule has 0 fully saturated rings. The number of quaternary nitrogens is 1. The van der Waals surface area contributed by atoms with Crippen LogP contribution in [0.1, 0.15) is 210 Å². The molecule has 0 aromatic carbocycles. The van der Waals surface area contributed by atoms with Gasteiger partial charge in [-0.15, -0.1) is 0 Å². The summed E-state index contributed by atoms with van der Waals surface area (Å²) in [6.07, 6.45) is -102. The number of hydrogen-bond acceptors (Lipinski definition) is 0. The predicted molar refractivity (Wildman–Crippen MR) is 126 cm³/mol. The van der Waals surface area contributed by atoms with Crippen LogP contribution in [0.5, 0.6) is 0 Å². The van der Waals surface area contributed by atoms with E-state index in [1.165, 1.54) is 0 Å². The van der Waals surface area contributed by atoms with Gasteiger partial charge in [0, 0.05) is 63.1 Å². The summed E-state index contributed by atoms with van der Waals surface area (Å²) in [5.74, 6) is 0. The van der Waals surface area contributed by atoms with Crippen molar-refractivity contribution in [3.05, 3.63) is 0 Å². The molecule has 0 aromatic rings. The first-order chi connectivity index (χ1) is 32.0. The fraction of sp³-hybridized carbons (Fsp3) is 1.00. The van der Waals surface area contributed by atoms with E-state index in [0.29, 0.717) is 0 Å². The molecule has 0 aliphatic rings. The second-order valence-corrected chi connectivity index (χ2v) is 4.18. The summed E-state index contributed by atoms with van der Waals surface area (Å²) in [4.78, 5) is 0. The van der Waals surface area contributed by atoms with Gasteiger partial charge in [-0.2, -0.15) is 0 Å². The first-order valence-corrected chi connectivity index (χ1v) is 6.84. The molecular weight excluding hydrogens is 326 g/mol. The van der Waals surface area contributed by atoms with Gasteiger partial charge >= 0.3 is 0 Å². The molecule has 0 rings (SSSR count). The van der Waals surface area contributed by atoms with E-state index in [0.717, 1.165) is 0 Å². The Bertz CT molecular complexity index is 1990. The lowest BCUT2D eigenvalue weighted by Crippen LogP contribution is -2.41. The quantitative estimate of drug-likeness (QED) is 0.150. The molecule has 0 aliphatic carbocycles. The third-order valence-electron chi connectivity index (χ3n) is 1.80. The first-order valence-electron chi connectivity index (χ1n) is 31.8. The molecule has 0 heterocycles. The molecule has 0 aliphatic heterocycles. The molecule has 0 saturated carbocycles. The highest BCUT2D eigenvalue weighted by Crippen LogP contribution is 2.14. The highest BCUT2D eigenvalue weighted by atomic mass is 15.3. The van der Waals surface area contributed by atoms with E-state index in [2.05, 4.69) is 0 Å². The lowest BCUT2D eigenvalue weighted by Gasteiger charge is -2.30. The van der Waals surface area contributed by atoms with Crippen LogP contribution in [0.4, 0.5) is 0 Å². The first kappa shape index (κ1) is 3.15. The molecule has 1 nitrogen and oxygen atoms in total. The average molecular weight is 433 g/mol. The SMILES string of the molecule is [2H]C([2H])([2H])C([2H])([2H])C([2H])([2H])C([2H])([2H])C([2H])([2H])C([2H])([2H])C([2H])([2H])C([2H])([2H])C([2H])([2H])C([2H])([2H])C([2H])([2H])C([2H])([2H])[N+](C)(C)C([2H])([2H])C([2H])([2H])C([2H])([2H])C([2H])([2H])C([2H])([2H])C([2H])([2H])C([2H])([2H])C([2H])([2H])C([2H])([2H])C([2H])([2H])C([2H])([2H])C([2H])([2H])[2H]. The Morgan fingerprint density at radius 1 is 0.444 bits per heavy atom. The molecule has 164 valence electrons. The Kier molecular flexibility index (Phi) is 2.41. The largest absolute Gasteiger partial charge is 0.328 e. The molecule has 0 saturated heterocycles. The van der Waals surface area contributed by atoms with E-state index in [9.17, 15) is 0 Å². The van der Waals surface area contributed by atoms with E-state index in [4.69, 9.17) is 68.5 Å². The van der Waals surface area contributed by atoms with Crippen LogP contribution >= 0.6 is 0 Å². The highest BCUT2D eigenvalue weighted by Gasteiger charge is 2.13. The molecular formula is C26H56N+. The second kappa shape index (κ2) is 20.7. The van der Waals surface area contributed by atoms with Gasteiger partial charge in [0.1, 0.15) is 0 Å². The normalized spacial score (nSPS) is 52.1. The number of nitrogens with zero attached hydrogens (tertiary/aromatic N) is 1. The van der Waals surface area contributed by atoms with Crippen molar-refractivity contribution in [1.29, 1.82) is 0 Å². The lowest BCUT2D eigenvalue weighted by molar-refractivity contribution is -0.890. The third-order valence-corrected chi connectivity index (χ3v) is 1.80. The summed E-state index contributed by atoms with van der Waals surface area (Å²) < 4.78 is 406. The maximum atomic E-state index is 8.73. The second-order valence-electron chi connectivity index (χ2n) is 4.18. The summed E-state index contributed by atoms with van der Waals surface area (Å²) in [6.45, 7) is -18.3. The Hall–Kier alpha value is -0.0400. The maximum Gasteiger partial charge on any atom is 0.0924 e. The lowest BCUT2D eigenvalue weighted by atomic mass is 10.1. The molecule has 0 spiro atoms. The molecule has 0 bridgehead atoms. The minimum Gasteiger partial charge on any atom is -0.328 e. The van der Waals surface area contributed by atoms with Crippen LogP contribution in [0.25, 0.3) is 0 Å². The topological polar surface area (TPSA) is 0 Å². The van der Waals surface area contributed by atoms with Crippen molar-refractivity contribution in [2.24, 2.45) is 0 Å². The minimum absolute atomic E-state index is 0.0446. The van der Waals surface area contributed by atoms with E-state index in [-0.39, 0.29) is 14.1 Å². The van der Waals surface area contributed by atoms with Gasteiger partial charge in [-0.3, -0.25) is 0 Å². The van der Waals surface area contributed by atoms with Crippen LogP contribution < -0.4 is 0 Å². The summed E-state index contributed by atoms with van der Waals surface area (Å²) in [5.41, 5.74) is 0. The maximum absolute atomic E-state index is 8.73. The summed E-state index contributed by atoms with van der Waals surface area (Å²) in [7, 11) is -0.0892. The summed E-state index contributed by atoms with van der Waals surface area (Å²) in [5, 5.41) is 0. The van der Waals surface area contributed by atoms with Crippen molar-refractivity contribution in [3.8, 4) is 0 Å². The van der Waals surface area contributed by atoms with Gasteiger partial charge in [-0.25, -0.2) is 0 Å². The smallest absolute Gasteiger partial charge is 0.0924 e. The number of rotatable bonds is 22. The highest BCUT2D eigenvalue weighted by molar-refractivity contribution is 4.50. The zero-order valence-corrected chi connectivity index (χ0v) is 14.4. The van der Waals surface area contributed by atoms with Crippen LogP contribution in [0.15, 0.2) is 0 Å². The fourth-order valence-electron chi connectivity index (χ4n) is 0.863. The molecule has 0 atom stereocenters. The average Bonchev–Trinajstić information content (AvgIpc) is 3.18. The van der Waals surface area contributed by atoms with Crippen LogP contribution in [-0.2, 0) is 0 Å². The van der Waals surface area contributed by atoms with Crippen LogP contribution in [0.3, 0.4) is 0 Å². The van der Waals surface area contributed by atoms with Gasteiger partial charge in [0.05, 0.1) is 32.6 Å². The Balaban J connectivity index is 8.22. The van der Waals surface area contributed by atoms with Gasteiger partial charge in [0.25, 0.3) is 0 Å². The molecule has 27 heavy (non-hydrogen) atoms. The van der Waals surface area contributed by atoms with Crippen molar-refractivity contribution in [1.82, 2.24) is 0 Å². The third kappa shape index (κ3) is 22.1. The Morgan fingerprint density at radius 2 is 0.704 bits per heavy atom. The Morgan fingerprint density at radius 3 is 1.00 bits per heavy atom. The standard InChI is InChI=1S/C26H56N/c1-5-7-9-11-13-15-17-19-21-23-25-27(3,4)26-24-22-20-18-16-14-12-10-8-6-2/h5-26H2,1-4H3/q+1/i1D3,2D3,5D2,6D2,7D2,8D2,9D2,10D2,11D2,12D2,13D2,14D2,15D2,16D2,17D2,18D2,19D2,20D2,21D2,22D2,23D2,24D2,25D2,26D2. The van der Waals surface area contributed by atoms with E-state index in [1.54, 1.807) is 0 Å². The van der Waals surface area contributed by atoms with Gasteiger partial charge in [-0.05, 0) is 25.5 Å². The van der Waals surface area contributed by atoms with Gasteiger partial charge in [0.15, 0.2) is 0 Å². The molecule has 1 heteroatoms. The van der Waals surface area contributed by atoms with Crippen molar-refractivity contribution < 1.29 is 73.0 Å². The van der Waals surface area contributed by atoms with E-state index < -0.39 is 159 Å². The number of hydrogen-bond donors (Lipinski definition) is 0. The van der Waals surface area contributed by atoms with Crippen molar-refractivity contribution >= 4 is 0 Å². The zero-order valence-electron chi connectivity index (χ0n) is 64.4. The van der Waals surface area contributed by atoms with E-state index >= 15 is 0 Å². The molecule has 0 radical (unpaired) electrons. The zero-order chi connectivity index (χ0) is 64.5. The van der Waals surface area contributed by atoms with Crippen LogP contribution in [0.2, 0.25) is 0 Å². The van der Waals surface area contributed by atoms with Crippen molar-refractivity contribution in [2.45, 2.75) is 141 Å². The Labute approximate surface area is 244 Å². The molecule has 0 aromatic heterocycles. The van der Waals surface area contributed by atoms with Gasteiger partial charge < -0.3 is 4.48 Å². The van der Waals surface area contributed by atoms with Crippen LogP contribution in [0, 0.1) is 0 Å². The van der Waals surface area contributed by atoms with Crippen LogP contribution in [-0.4, -0.2) is 31.6 Å². The summed E-state index contributed by atoms with van der Waals surface area (Å²) in [6, 6.07) is 0. The van der Waals surface area contributed by atoms with Crippen molar-refractivity contribution in [3.63, 3.8) is 0 Å². The van der Waals surface area contributed by atoms with E-state index in [1.807, 2.05) is 0 Å². The monoisotopic (exact) mass is 433 g/mol. The minimum atomic E-state index is -5.32. The fourth-order valence-corrected chi connectivity index (χ4v) is 0.863. The van der Waals surface area contributed by atoms with Gasteiger partial charge in [-0.1, -0.05) is 116 Å². The summed E-state index contributed by atoms with van der Waals surface area (Å²) >= 11 is 0.